The quantitative estimate of drug-likeness (QED) is 0.615. The molecule has 1 amide bonds. The lowest BCUT2D eigenvalue weighted by Crippen LogP contribution is -2.26. The molecule has 1 saturated heterocycles. The Bertz CT molecular complexity index is 478. The van der Waals surface area contributed by atoms with Crippen LogP contribution in [-0.2, 0) is 9.53 Å². The average Bonchev–Trinajstić information content (AvgIpc) is 2.79. The zero-order chi connectivity index (χ0) is 13.1. The summed E-state index contributed by atoms with van der Waals surface area (Å²) in [6.07, 6.45) is 1.91. The highest BCUT2D eigenvalue weighted by atomic mass is 35.5. The second-order valence-electron chi connectivity index (χ2n) is 4.12. The van der Waals surface area contributed by atoms with Crippen LogP contribution >= 0.6 is 11.6 Å². The predicted molar refractivity (Wildman–Crippen MR) is 66.8 cm³/mol. The minimum atomic E-state index is -0.445. The van der Waals surface area contributed by atoms with Crippen LogP contribution in [0.4, 0.5) is 5.82 Å². The SMILES string of the molecule is COC(=O)c1ccnc(N2CC(CCl)CC2=O)c1. The van der Waals surface area contributed by atoms with Gasteiger partial charge < -0.3 is 4.74 Å². The first kappa shape index (κ1) is 12.8. The van der Waals surface area contributed by atoms with Crippen LogP contribution in [0.25, 0.3) is 0 Å². The molecule has 1 aromatic rings. The third kappa shape index (κ3) is 2.46. The largest absolute Gasteiger partial charge is 0.465 e. The van der Waals surface area contributed by atoms with Crippen LogP contribution in [0.3, 0.4) is 0 Å². The number of anilines is 1. The molecule has 0 spiro atoms. The second-order valence-corrected chi connectivity index (χ2v) is 4.43. The van der Waals surface area contributed by atoms with Gasteiger partial charge in [-0.2, -0.15) is 0 Å². The number of carbonyl (C=O) groups is 2. The van der Waals surface area contributed by atoms with Gasteiger partial charge in [0.2, 0.25) is 5.91 Å². The van der Waals surface area contributed by atoms with Gasteiger partial charge in [-0.1, -0.05) is 0 Å². The zero-order valence-electron chi connectivity index (χ0n) is 9.93. The Balaban J connectivity index is 2.24. The summed E-state index contributed by atoms with van der Waals surface area (Å²) in [5.74, 6) is 0.589. The summed E-state index contributed by atoms with van der Waals surface area (Å²) in [5, 5.41) is 0. The zero-order valence-corrected chi connectivity index (χ0v) is 10.7. The number of ether oxygens (including phenoxy) is 1. The fourth-order valence-corrected chi connectivity index (χ4v) is 2.12. The number of esters is 1. The van der Waals surface area contributed by atoms with Crippen molar-refractivity contribution in [2.75, 3.05) is 24.4 Å². The summed E-state index contributed by atoms with van der Waals surface area (Å²) in [6, 6.07) is 3.11. The normalized spacial score (nSPS) is 19.1. The van der Waals surface area contributed by atoms with E-state index in [1.165, 1.54) is 13.3 Å². The maximum absolute atomic E-state index is 11.8. The van der Waals surface area contributed by atoms with E-state index in [1.807, 2.05) is 0 Å². The third-order valence-electron chi connectivity index (χ3n) is 2.87. The standard InChI is InChI=1S/C12H13ClN2O3/c1-18-12(17)9-2-3-14-10(5-9)15-7-8(6-13)4-11(15)16/h2-3,5,8H,4,6-7H2,1H3. The Morgan fingerprint density at radius 3 is 3.06 bits per heavy atom. The number of aromatic nitrogens is 1. The third-order valence-corrected chi connectivity index (χ3v) is 3.30. The molecule has 1 aliphatic heterocycles. The van der Waals surface area contributed by atoms with Gasteiger partial charge in [-0.3, -0.25) is 9.69 Å². The molecule has 0 N–H and O–H groups in total. The first-order valence-corrected chi connectivity index (χ1v) is 6.10. The van der Waals surface area contributed by atoms with Crippen molar-refractivity contribution in [2.45, 2.75) is 6.42 Å². The maximum Gasteiger partial charge on any atom is 0.338 e. The predicted octanol–water partition coefficient (Wildman–Crippen LogP) is 1.46. The van der Waals surface area contributed by atoms with E-state index in [4.69, 9.17) is 11.6 Å². The summed E-state index contributed by atoms with van der Waals surface area (Å²) in [7, 11) is 1.31. The molecule has 0 radical (unpaired) electrons. The lowest BCUT2D eigenvalue weighted by molar-refractivity contribution is -0.117. The summed E-state index contributed by atoms with van der Waals surface area (Å²) in [5.41, 5.74) is 0.379. The molecular weight excluding hydrogens is 256 g/mol. The number of pyridine rings is 1. The molecule has 1 aromatic heterocycles. The lowest BCUT2D eigenvalue weighted by Gasteiger charge is -2.15. The van der Waals surface area contributed by atoms with Crippen molar-refractivity contribution in [1.29, 1.82) is 0 Å². The molecule has 0 aromatic carbocycles. The minimum Gasteiger partial charge on any atom is -0.465 e. The van der Waals surface area contributed by atoms with E-state index in [9.17, 15) is 9.59 Å². The number of rotatable bonds is 3. The van der Waals surface area contributed by atoms with Crippen molar-refractivity contribution >= 4 is 29.3 Å². The van der Waals surface area contributed by atoms with Crippen molar-refractivity contribution in [3.05, 3.63) is 23.9 Å². The van der Waals surface area contributed by atoms with E-state index in [0.29, 0.717) is 30.2 Å². The van der Waals surface area contributed by atoms with Crippen LogP contribution < -0.4 is 4.90 Å². The average molecular weight is 269 g/mol. The van der Waals surface area contributed by atoms with Gasteiger partial charge in [0.15, 0.2) is 0 Å². The summed E-state index contributed by atoms with van der Waals surface area (Å²) in [4.78, 5) is 28.9. The molecule has 18 heavy (non-hydrogen) atoms. The molecule has 0 aliphatic carbocycles. The summed E-state index contributed by atoms with van der Waals surface area (Å²) < 4.78 is 4.63. The molecular formula is C12H13ClN2O3. The minimum absolute atomic E-state index is 0.0184. The number of amides is 1. The first-order valence-electron chi connectivity index (χ1n) is 5.56. The highest BCUT2D eigenvalue weighted by Gasteiger charge is 2.31. The Labute approximate surface area is 110 Å². The molecule has 0 bridgehead atoms. The van der Waals surface area contributed by atoms with Crippen molar-refractivity contribution in [3.63, 3.8) is 0 Å². The van der Waals surface area contributed by atoms with Crippen LogP contribution in [0.2, 0.25) is 0 Å². The molecule has 1 aliphatic rings. The number of alkyl halides is 1. The number of carbonyl (C=O) groups excluding carboxylic acids is 2. The van der Waals surface area contributed by atoms with Gasteiger partial charge in [0.1, 0.15) is 5.82 Å². The van der Waals surface area contributed by atoms with Crippen molar-refractivity contribution in [3.8, 4) is 0 Å². The molecule has 1 unspecified atom stereocenters. The van der Waals surface area contributed by atoms with Gasteiger partial charge in [0.05, 0.1) is 12.7 Å². The number of methoxy groups -OCH3 is 1. The van der Waals surface area contributed by atoms with E-state index < -0.39 is 5.97 Å². The number of nitrogens with zero attached hydrogens (tertiary/aromatic N) is 2. The number of halogens is 1. The van der Waals surface area contributed by atoms with Gasteiger partial charge in [-0.25, -0.2) is 9.78 Å². The lowest BCUT2D eigenvalue weighted by atomic mass is 10.1. The van der Waals surface area contributed by atoms with Crippen molar-refractivity contribution in [1.82, 2.24) is 4.98 Å². The van der Waals surface area contributed by atoms with Gasteiger partial charge in [0, 0.05) is 25.0 Å². The second kappa shape index (κ2) is 5.35. The fourth-order valence-electron chi connectivity index (χ4n) is 1.92. The molecule has 2 heterocycles. The topological polar surface area (TPSA) is 59.5 Å². The molecule has 2 rings (SSSR count). The van der Waals surface area contributed by atoms with E-state index in [1.54, 1.807) is 17.0 Å². The Kier molecular flexibility index (Phi) is 3.81. The van der Waals surface area contributed by atoms with Gasteiger partial charge in [-0.15, -0.1) is 11.6 Å². The van der Waals surface area contributed by atoms with E-state index >= 15 is 0 Å². The van der Waals surface area contributed by atoms with Crippen LogP contribution in [-0.4, -0.2) is 36.4 Å². The summed E-state index contributed by atoms with van der Waals surface area (Å²) >= 11 is 5.76. The number of hydrogen-bond acceptors (Lipinski definition) is 4. The molecule has 0 saturated carbocycles. The smallest absolute Gasteiger partial charge is 0.338 e. The van der Waals surface area contributed by atoms with Gasteiger partial charge in [0.25, 0.3) is 0 Å². The van der Waals surface area contributed by atoms with Crippen molar-refractivity contribution in [2.24, 2.45) is 5.92 Å². The molecule has 6 heteroatoms. The first-order chi connectivity index (χ1) is 8.65. The fraction of sp³-hybridized carbons (Fsp3) is 0.417. The number of hydrogen-bond donors (Lipinski definition) is 0. The van der Waals surface area contributed by atoms with E-state index in [2.05, 4.69) is 9.72 Å². The Morgan fingerprint density at radius 2 is 2.44 bits per heavy atom. The van der Waals surface area contributed by atoms with Gasteiger partial charge in [-0.05, 0) is 18.1 Å². The molecule has 96 valence electrons. The Hall–Kier alpha value is -1.62. The maximum atomic E-state index is 11.8. The summed E-state index contributed by atoms with van der Waals surface area (Å²) in [6.45, 7) is 0.542. The highest BCUT2D eigenvalue weighted by Crippen LogP contribution is 2.24. The monoisotopic (exact) mass is 268 g/mol. The highest BCUT2D eigenvalue weighted by molar-refractivity contribution is 6.18. The van der Waals surface area contributed by atoms with Crippen LogP contribution in [0.1, 0.15) is 16.8 Å². The van der Waals surface area contributed by atoms with E-state index in [-0.39, 0.29) is 11.8 Å². The van der Waals surface area contributed by atoms with Crippen LogP contribution in [0, 0.1) is 5.92 Å². The van der Waals surface area contributed by atoms with Crippen LogP contribution in [0.15, 0.2) is 18.3 Å². The Morgan fingerprint density at radius 1 is 1.67 bits per heavy atom. The molecule has 1 atom stereocenters. The van der Waals surface area contributed by atoms with E-state index in [0.717, 1.165) is 0 Å². The molecule has 1 fully saturated rings. The van der Waals surface area contributed by atoms with Crippen LogP contribution in [0.5, 0.6) is 0 Å². The van der Waals surface area contributed by atoms with Gasteiger partial charge >= 0.3 is 5.97 Å². The molecule has 5 nitrogen and oxygen atoms in total. The van der Waals surface area contributed by atoms with Crippen molar-refractivity contribution < 1.29 is 14.3 Å².